The van der Waals surface area contributed by atoms with E-state index in [0.717, 1.165) is 17.9 Å². The largest absolute Gasteiger partial charge is 0.506 e. The number of amides is 1. The highest BCUT2D eigenvalue weighted by Gasteiger charge is 2.25. The Hall–Kier alpha value is -2.05. The van der Waals surface area contributed by atoms with Crippen LogP contribution in [0, 0.1) is 5.82 Å². The summed E-state index contributed by atoms with van der Waals surface area (Å²) in [5.74, 6) is -0.565. The molecule has 23 heavy (non-hydrogen) atoms. The molecule has 7 heteroatoms. The lowest BCUT2D eigenvalue weighted by Crippen LogP contribution is -2.48. The predicted molar refractivity (Wildman–Crippen MR) is 83.0 cm³/mol. The van der Waals surface area contributed by atoms with Gasteiger partial charge in [0.05, 0.1) is 23.4 Å². The van der Waals surface area contributed by atoms with Crippen LogP contribution in [0.25, 0.3) is 0 Å². The molecule has 0 aliphatic carbocycles. The van der Waals surface area contributed by atoms with Crippen molar-refractivity contribution in [3.05, 3.63) is 52.7 Å². The Bertz CT molecular complexity index is 698. The lowest BCUT2D eigenvalue weighted by atomic mass is 10.1. The number of aromatic hydroxyl groups is 1. The standard InChI is InChI=1S/C16H16ClFN2O3/c17-14-9-11(18)8-13(15(14)21)16(22)20-5-3-19(4-6-20)10-12-2-1-7-23-12/h1-2,7-9,21H,3-6,10H2. The summed E-state index contributed by atoms with van der Waals surface area (Å²) in [7, 11) is 0. The summed E-state index contributed by atoms with van der Waals surface area (Å²) in [4.78, 5) is 16.2. The SMILES string of the molecule is O=C(c1cc(F)cc(Cl)c1O)N1CCN(Cc2ccco2)CC1. The van der Waals surface area contributed by atoms with Crippen molar-refractivity contribution in [1.82, 2.24) is 9.80 Å². The zero-order valence-corrected chi connectivity index (χ0v) is 13.1. The first-order valence-electron chi connectivity index (χ1n) is 7.26. The highest BCUT2D eigenvalue weighted by Crippen LogP contribution is 2.29. The third kappa shape index (κ3) is 3.48. The van der Waals surface area contributed by atoms with Gasteiger partial charge in [-0.05, 0) is 24.3 Å². The van der Waals surface area contributed by atoms with Crippen molar-refractivity contribution in [2.45, 2.75) is 6.54 Å². The molecule has 0 saturated carbocycles. The highest BCUT2D eigenvalue weighted by atomic mass is 35.5. The number of hydrogen-bond acceptors (Lipinski definition) is 4. The molecule has 2 heterocycles. The summed E-state index contributed by atoms with van der Waals surface area (Å²) in [5.41, 5.74) is -0.102. The maximum atomic E-state index is 13.4. The molecule has 1 aliphatic heterocycles. The third-order valence-electron chi connectivity index (χ3n) is 3.88. The third-order valence-corrected chi connectivity index (χ3v) is 4.17. The molecule has 1 aromatic carbocycles. The van der Waals surface area contributed by atoms with Crippen LogP contribution in [0.4, 0.5) is 4.39 Å². The van der Waals surface area contributed by atoms with Crippen LogP contribution in [0.5, 0.6) is 5.75 Å². The number of piperazine rings is 1. The van der Waals surface area contributed by atoms with Crippen molar-refractivity contribution in [2.24, 2.45) is 0 Å². The van der Waals surface area contributed by atoms with Gasteiger partial charge in [-0.1, -0.05) is 11.6 Å². The second-order valence-electron chi connectivity index (χ2n) is 5.43. The molecule has 0 spiro atoms. The van der Waals surface area contributed by atoms with E-state index in [0.29, 0.717) is 32.7 Å². The van der Waals surface area contributed by atoms with Gasteiger partial charge in [0.2, 0.25) is 0 Å². The van der Waals surface area contributed by atoms with Crippen LogP contribution in [0.15, 0.2) is 34.9 Å². The highest BCUT2D eigenvalue weighted by molar-refractivity contribution is 6.32. The van der Waals surface area contributed by atoms with Crippen molar-refractivity contribution in [2.75, 3.05) is 26.2 Å². The lowest BCUT2D eigenvalue weighted by molar-refractivity contribution is 0.0617. The minimum Gasteiger partial charge on any atom is -0.506 e. The number of nitrogens with zero attached hydrogens (tertiary/aromatic N) is 2. The summed E-state index contributed by atoms with van der Waals surface area (Å²) < 4.78 is 18.7. The van der Waals surface area contributed by atoms with E-state index in [9.17, 15) is 14.3 Å². The lowest BCUT2D eigenvalue weighted by Gasteiger charge is -2.34. The van der Waals surface area contributed by atoms with Crippen molar-refractivity contribution >= 4 is 17.5 Å². The van der Waals surface area contributed by atoms with Crippen LogP contribution >= 0.6 is 11.6 Å². The number of furan rings is 1. The molecular formula is C16H16ClFN2O3. The van der Waals surface area contributed by atoms with E-state index in [1.165, 1.54) is 0 Å². The zero-order valence-electron chi connectivity index (χ0n) is 12.3. The normalized spacial score (nSPS) is 15.8. The number of halogens is 2. The Labute approximate surface area is 137 Å². The maximum Gasteiger partial charge on any atom is 0.257 e. The van der Waals surface area contributed by atoms with E-state index in [1.807, 2.05) is 12.1 Å². The van der Waals surface area contributed by atoms with Crippen LogP contribution < -0.4 is 0 Å². The number of phenolic OH excluding ortho intramolecular Hbond substituents is 1. The first kappa shape index (κ1) is 15.8. The Kier molecular flexibility index (Phi) is 4.54. The Morgan fingerprint density at radius 3 is 2.70 bits per heavy atom. The molecule has 0 radical (unpaired) electrons. The molecule has 2 aromatic rings. The van der Waals surface area contributed by atoms with Crippen LogP contribution in [0.3, 0.4) is 0 Å². The van der Waals surface area contributed by atoms with Crippen molar-refractivity contribution in [3.8, 4) is 5.75 Å². The van der Waals surface area contributed by atoms with E-state index >= 15 is 0 Å². The van der Waals surface area contributed by atoms with Crippen LogP contribution in [-0.2, 0) is 6.54 Å². The molecule has 1 fully saturated rings. The van der Waals surface area contributed by atoms with Gasteiger partial charge >= 0.3 is 0 Å². The fourth-order valence-electron chi connectivity index (χ4n) is 2.63. The van der Waals surface area contributed by atoms with E-state index < -0.39 is 11.7 Å². The van der Waals surface area contributed by atoms with Gasteiger partial charge in [-0.25, -0.2) is 4.39 Å². The second kappa shape index (κ2) is 6.60. The first-order chi connectivity index (χ1) is 11.0. The fraction of sp³-hybridized carbons (Fsp3) is 0.312. The number of rotatable bonds is 3. The van der Waals surface area contributed by atoms with Crippen molar-refractivity contribution in [3.63, 3.8) is 0 Å². The Morgan fingerprint density at radius 2 is 2.04 bits per heavy atom. The molecule has 122 valence electrons. The number of benzene rings is 1. The van der Waals surface area contributed by atoms with Gasteiger partial charge in [-0.15, -0.1) is 0 Å². The molecule has 1 amide bonds. The van der Waals surface area contributed by atoms with Crippen molar-refractivity contribution < 1.29 is 18.7 Å². The summed E-state index contributed by atoms with van der Waals surface area (Å²) in [6, 6.07) is 5.74. The summed E-state index contributed by atoms with van der Waals surface area (Å²) in [5, 5.41) is 9.72. The van der Waals surface area contributed by atoms with Gasteiger partial charge in [-0.2, -0.15) is 0 Å². The molecule has 0 bridgehead atoms. The number of carbonyl (C=O) groups excluding carboxylic acids is 1. The topological polar surface area (TPSA) is 56.9 Å². The summed E-state index contributed by atoms with van der Waals surface area (Å²) in [6.07, 6.45) is 1.63. The molecule has 0 atom stereocenters. The summed E-state index contributed by atoms with van der Waals surface area (Å²) in [6.45, 7) is 3.03. The first-order valence-corrected chi connectivity index (χ1v) is 7.64. The fourth-order valence-corrected chi connectivity index (χ4v) is 2.84. The Balaban J connectivity index is 1.64. The van der Waals surface area contributed by atoms with Gasteiger partial charge in [0, 0.05) is 26.2 Å². The number of carbonyl (C=O) groups is 1. The molecule has 1 aliphatic rings. The van der Waals surface area contributed by atoms with Gasteiger partial charge in [0.15, 0.2) is 0 Å². The van der Waals surface area contributed by atoms with E-state index in [2.05, 4.69) is 4.90 Å². The number of phenols is 1. The van der Waals surface area contributed by atoms with Crippen LogP contribution in [-0.4, -0.2) is 47.0 Å². The average molecular weight is 339 g/mol. The van der Waals surface area contributed by atoms with Gasteiger partial charge in [0.25, 0.3) is 5.91 Å². The second-order valence-corrected chi connectivity index (χ2v) is 5.84. The Morgan fingerprint density at radius 1 is 1.30 bits per heavy atom. The van der Waals surface area contributed by atoms with Crippen LogP contribution in [0.2, 0.25) is 5.02 Å². The average Bonchev–Trinajstić information content (AvgIpc) is 3.04. The van der Waals surface area contributed by atoms with Crippen LogP contribution in [0.1, 0.15) is 16.1 Å². The van der Waals surface area contributed by atoms with E-state index in [4.69, 9.17) is 16.0 Å². The molecule has 3 rings (SSSR count). The molecular weight excluding hydrogens is 323 g/mol. The number of hydrogen-bond donors (Lipinski definition) is 1. The molecule has 1 saturated heterocycles. The zero-order chi connectivity index (χ0) is 16.4. The molecule has 0 unspecified atom stereocenters. The van der Waals surface area contributed by atoms with Crippen molar-refractivity contribution in [1.29, 1.82) is 0 Å². The minimum absolute atomic E-state index is 0.102. The maximum absolute atomic E-state index is 13.4. The monoisotopic (exact) mass is 338 g/mol. The molecule has 1 N–H and O–H groups in total. The van der Waals surface area contributed by atoms with Gasteiger partial charge < -0.3 is 14.4 Å². The minimum atomic E-state index is -0.646. The molecule has 5 nitrogen and oxygen atoms in total. The van der Waals surface area contributed by atoms with Gasteiger partial charge in [-0.3, -0.25) is 9.69 Å². The molecule has 1 aromatic heterocycles. The predicted octanol–water partition coefficient (Wildman–Crippen LogP) is 2.74. The van der Waals surface area contributed by atoms with Gasteiger partial charge in [0.1, 0.15) is 17.3 Å². The smallest absolute Gasteiger partial charge is 0.257 e. The quantitative estimate of drug-likeness (QED) is 0.935. The summed E-state index contributed by atoms with van der Waals surface area (Å²) >= 11 is 5.73. The van der Waals surface area contributed by atoms with E-state index in [1.54, 1.807) is 11.2 Å². The van der Waals surface area contributed by atoms with E-state index in [-0.39, 0.29) is 16.3 Å².